The van der Waals surface area contributed by atoms with Gasteiger partial charge in [-0.2, -0.15) is 0 Å². The van der Waals surface area contributed by atoms with Gasteiger partial charge in [0, 0.05) is 5.92 Å². The van der Waals surface area contributed by atoms with Crippen LogP contribution in [0.25, 0.3) is 0 Å². The third-order valence-electron chi connectivity index (χ3n) is 3.38. The Morgan fingerprint density at radius 1 is 0.647 bits per heavy atom. The van der Waals surface area contributed by atoms with E-state index in [4.69, 9.17) is 0 Å². The summed E-state index contributed by atoms with van der Waals surface area (Å²) in [7, 11) is 0. The SMILES string of the molecule is CC(C)c1ccccc1C(C)c1ccccc1. The highest BCUT2D eigenvalue weighted by Gasteiger charge is 2.13. The van der Waals surface area contributed by atoms with Crippen molar-refractivity contribution in [2.45, 2.75) is 32.6 Å². The molecule has 0 spiro atoms. The van der Waals surface area contributed by atoms with Crippen LogP contribution in [-0.2, 0) is 0 Å². The Morgan fingerprint density at radius 3 is 1.76 bits per heavy atom. The molecule has 0 heterocycles. The lowest BCUT2D eigenvalue weighted by molar-refractivity contribution is 0.812. The fraction of sp³-hybridized carbons (Fsp3) is 0.294. The van der Waals surface area contributed by atoms with Gasteiger partial charge in [-0.1, -0.05) is 75.4 Å². The van der Waals surface area contributed by atoms with Crippen LogP contribution in [0, 0.1) is 0 Å². The van der Waals surface area contributed by atoms with Crippen molar-refractivity contribution in [1.29, 1.82) is 0 Å². The van der Waals surface area contributed by atoms with Crippen molar-refractivity contribution in [2.75, 3.05) is 0 Å². The lowest BCUT2D eigenvalue weighted by Crippen LogP contribution is -2.02. The minimum atomic E-state index is 0.467. The predicted molar refractivity (Wildman–Crippen MR) is 74.5 cm³/mol. The first kappa shape index (κ1) is 11.9. The van der Waals surface area contributed by atoms with Gasteiger partial charge in [0.1, 0.15) is 0 Å². The van der Waals surface area contributed by atoms with Gasteiger partial charge in [0.25, 0.3) is 0 Å². The minimum absolute atomic E-state index is 0.467. The smallest absolute Gasteiger partial charge is 0.00638 e. The summed E-state index contributed by atoms with van der Waals surface area (Å²) in [6, 6.07) is 19.5. The van der Waals surface area contributed by atoms with E-state index < -0.39 is 0 Å². The third-order valence-corrected chi connectivity index (χ3v) is 3.38. The van der Waals surface area contributed by atoms with E-state index >= 15 is 0 Å². The Bertz CT molecular complexity index is 468. The Kier molecular flexibility index (Phi) is 3.63. The van der Waals surface area contributed by atoms with Crippen LogP contribution in [0.3, 0.4) is 0 Å². The predicted octanol–water partition coefficient (Wildman–Crippen LogP) is 4.96. The largest absolute Gasteiger partial charge is 0.0622 e. The molecule has 2 aromatic carbocycles. The molecule has 1 unspecified atom stereocenters. The van der Waals surface area contributed by atoms with Crippen LogP contribution < -0.4 is 0 Å². The first-order valence-corrected chi connectivity index (χ1v) is 6.34. The molecule has 0 bridgehead atoms. The van der Waals surface area contributed by atoms with Crippen molar-refractivity contribution < 1.29 is 0 Å². The molecule has 2 aromatic rings. The van der Waals surface area contributed by atoms with E-state index in [0.717, 1.165) is 0 Å². The third kappa shape index (κ3) is 2.58. The van der Waals surface area contributed by atoms with Crippen LogP contribution in [0.15, 0.2) is 54.6 Å². The quantitative estimate of drug-likeness (QED) is 0.691. The normalized spacial score (nSPS) is 12.7. The monoisotopic (exact) mass is 224 g/mol. The molecule has 0 nitrogen and oxygen atoms in total. The molecule has 0 saturated heterocycles. The molecular formula is C17H20. The molecule has 0 heteroatoms. The van der Waals surface area contributed by atoms with E-state index in [1.165, 1.54) is 16.7 Å². The summed E-state index contributed by atoms with van der Waals surface area (Å²) in [5, 5.41) is 0. The first-order chi connectivity index (χ1) is 8.20. The van der Waals surface area contributed by atoms with Gasteiger partial charge in [-0.15, -0.1) is 0 Å². The second-order valence-corrected chi connectivity index (χ2v) is 4.92. The van der Waals surface area contributed by atoms with Crippen molar-refractivity contribution in [3.05, 3.63) is 71.3 Å². The summed E-state index contributed by atoms with van der Waals surface area (Å²) in [5.41, 5.74) is 4.30. The maximum absolute atomic E-state index is 2.29. The summed E-state index contributed by atoms with van der Waals surface area (Å²) < 4.78 is 0. The number of benzene rings is 2. The summed E-state index contributed by atoms with van der Waals surface area (Å²) >= 11 is 0. The van der Waals surface area contributed by atoms with Crippen LogP contribution >= 0.6 is 0 Å². The zero-order valence-corrected chi connectivity index (χ0v) is 10.9. The molecule has 1 atom stereocenters. The van der Waals surface area contributed by atoms with Gasteiger partial charge >= 0.3 is 0 Å². The Balaban J connectivity index is 2.41. The fourth-order valence-electron chi connectivity index (χ4n) is 2.35. The van der Waals surface area contributed by atoms with E-state index in [9.17, 15) is 0 Å². The van der Waals surface area contributed by atoms with E-state index in [2.05, 4.69) is 75.4 Å². The van der Waals surface area contributed by atoms with E-state index in [1.54, 1.807) is 0 Å². The van der Waals surface area contributed by atoms with Gasteiger partial charge in [-0.3, -0.25) is 0 Å². The van der Waals surface area contributed by atoms with Crippen molar-refractivity contribution in [2.24, 2.45) is 0 Å². The fourth-order valence-corrected chi connectivity index (χ4v) is 2.35. The van der Waals surface area contributed by atoms with Crippen molar-refractivity contribution in [1.82, 2.24) is 0 Å². The molecule has 0 fully saturated rings. The standard InChI is InChI=1S/C17H20/c1-13(2)16-11-7-8-12-17(16)14(3)15-9-5-4-6-10-15/h4-14H,1-3H3. The van der Waals surface area contributed by atoms with Crippen LogP contribution in [0.1, 0.15) is 49.3 Å². The Morgan fingerprint density at radius 2 is 1.18 bits per heavy atom. The second kappa shape index (κ2) is 5.18. The molecule has 88 valence electrons. The molecular weight excluding hydrogens is 204 g/mol. The number of rotatable bonds is 3. The van der Waals surface area contributed by atoms with E-state index in [-0.39, 0.29) is 0 Å². The molecule has 0 amide bonds. The molecule has 0 N–H and O–H groups in total. The van der Waals surface area contributed by atoms with Crippen molar-refractivity contribution in [3.63, 3.8) is 0 Å². The molecule has 0 aliphatic carbocycles. The summed E-state index contributed by atoms with van der Waals surface area (Å²) in [6.45, 7) is 6.81. The second-order valence-electron chi connectivity index (χ2n) is 4.92. The van der Waals surface area contributed by atoms with Crippen molar-refractivity contribution in [3.8, 4) is 0 Å². The molecule has 0 aromatic heterocycles. The van der Waals surface area contributed by atoms with E-state index in [0.29, 0.717) is 11.8 Å². The highest BCUT2D eigenvalue weighted by atomic mass is 14.2. The molecule has 0 saturated carbocycles. The van der Waals surface area contributed by atoms with Gasteiger partial charge in [-0.05, 0) is 22.6 Å². The molecule has 17 heavy (non-hydrogen) atoms. The van der Waals surface area contributed by atoms with Gasteiger partial charge in [0.15, 0.2) is 0 Å². The van der Waals surface area contributed by atoms with Gasteiger partial charge < -0.3 is 0 Å². The Labute approximate surface area is 104 Å². The van der Waals surface area contributed by atoms with Gasteiger partial charge in [0.2, 0.25) is 0 Å². The minimum Gasteiger partial charge on any atom is -0.0622 e. The number of hydrogen-bond donors (Lipinski definition) is 0. The molecule has 0 aliphatic heterocycles. The lowest BCUT2D eigenvalue weighted by atomic mass is 9.86. The van der Waals surface area contributed by atoms with Crippen LogP contribution in [-0.4, -0.2) is 0 Å². The first-order valence-electron chi connectivity index (χ1n) is 6.34. The highest BCUT2D eigenvalue weighted by Crippen LogP contribution is 2.30. The summed E-state index contributed by atoms with van der Waals surface area (Å²) in [5.74, 6) is 1.05. The molecule has 0 radical (unpaired) electrons. The zero-order valence-electron chi connectivity index (χ0n) is 10.9. The molecule has 2 rings (SSSR count). The lowest BCUT2D eigenvalue weighted by Gasteiger charge is -2.19. The van der Waals surface area contributed by atoms with Gasteiger partial charge in [-0.25, -0.2) is 0 Å². The summed E-state index contributed by atoms with van der Waals surface area (Å²) in [6.07, 6.45) is 0. The maximum Gasteiger partial charge on any atom is 0.00638 e. The number of hydrogen-bond acceptors (Lipinski definition) is 0. The molecule has 0 aliphatic rings. The van der Waals surface area contributed by atoms with Crippen LogP contribution in [0.4, 0.5) is 0 Å². The van der Waals surface area contributed by atoms with E-state index in [1.807, 2.05) is 0 Å². The highest BCUT2D eigenvalue weighted by molar-refractivity contribution is 5.38. The van der Waals surface area contributed by atoms with Crippen LogP contribution in [0.5, 0.6) is 0 Å². The zero-order chi connectivity index (χ0) is 12.3. The summed E-state index contributed by atoms with van der Waals surface area (Å²) in [4.78, 5) is 0. The maximum atomic E-state index is 2.29. The topological polar surface area (TPSA) is 0 Å². The van der Waals surface area contributed by atoms with Crippen LogP contribution in [0.2, 0.25) is 0 Å². The van der Waals surface area contributed by atoms with Gasteiger partial charge in [0.05, 0.1) is 0 Å². The average molecular weight is 224 g/mol. The van der Waals surface area contributed by atoms with Crippen molar-refractivity contribution >= 4 is 0 Å². The Hall–Kier alpha value is -1.56. The average Bonchev–Trinajstić information content (AvgIpc) is 2.39.